The normalized spacial score (nSPS) is 16.5. The third-order valence-corrected chi connectivity index (χ3v) is 7.44. The minimum atomic E-state index is -3.63. The highest BCUT2D eigenvalue weighted by molar-refractivity contribution is 7.89. The number of hydrogen-bond acceptors (Lipinski definition) is 6. The van der Waals surface area contributed by atoms with Crippen molar-refractivity contribution in [1.82, 2.24) is 14.9 Å². The van der Waals surface area contributed by atoms with Gasteiger partial charge in [-0.1, -0.05) is 24.3 Å². The fraction of sp³-hybridized carbons (Fsp3) is 0.417. The maximum absolute atomic E-state index is 12.9. The number of nitrogens with zero attached hydrogens (tertiary/aromatic N) is 1. The zero-order valence-electron chi connectivity index (χ0n) is 19.5. The minimum Gasteiger partial charge on any atom is -0.493 e. The van der Waals surface area contributed by atoms with Crippen LogP contribution in [0.3, 0.4) is 0 Å². The summed E-state index contributed by atoms with van der Waals surface area (Å²) >= 11 is 0. The fourth-order valence-electron chi connectivity index (χ4n) is 3.78. The molecule has 2 N–H and O–H groups in total. The summed E-state index contributed by atoms with van der Waals surface area (Å²) < 4.78 is 38.1. The van der Waals surface area contributed by atoms with E-state index in [4.69, 9.17) is 9.47 Å². The molecule has 1 atom stereocenters. The number of nitrogens with one attached hydrogen (secondary N) is 2. The molecule has 10 heteroatoms. The first-order valence-corrected chi connectivity index (χ1v) is 12.7. The Balaban J connectivity index is 1.58. The number of benzene rings is 2. The molecule has 0 saturated carbocycles. The van der Waals surface area contributed by atoms with Gasteiger partial charge in [-0.2, -0.15) is 4.31 Å². The van der Waals surface area contributed by atoms with Crippen molar-refractivity contribution in [3.63, 3.8) is 0 Å². The molecule has 1 aliphatic rings. The van der Waals surface area contributed by atoms with Crippen LogP contribution in [0.4, 0.5) is 0 Å². The lowest BCUT2D eigenvalue weighted by Gasteiger charge is -2.31. The molecule has 0 radical (unpaired) electrons. The third kappa shape index (κ3) is 6.48. The van der Waals surface area contributed by atoms with E-state index in [9.17, 15) is 18.0 Å². The number of amides is 2. The predicted molar refractivity (Wildman–Crippen MR) is 127 cm³/mol. The molecule has 0 aromatic heterocycles. The number of methoxy groups -OCH3 is 1. The van der Waals surface area contributed by atoms with Crippen molar-refractivity contribution in [3.8, 4) is 11.5 Å². The molecule has 1 fully saturated rings. The summed E-state index contributed by atoms with van der Waals surface area (Å²) in [4.78, 5) is 24.7. The number of sulfonamides is 1. The van der Waals surface area contributed by atoms with E-state index in [-0.39, 0.29) is 36.4 Å². The Hall–Kier alpha value is -3.11. The lowest BCUT2D eigenvalue weighted by molar-refractivity contribution is -0.126. The average molecular weight is 490 g/mol. The summed E-state index contributed by atoms with van der Waals surface area (Å²) in [6.07, 6.45) is 1.25. The Labute approximate surface area is 200 Å². The summed E-state index contributed by atoms with van der Waals surface area (Å²) in [6, 6.07) is 13.5. The molecule has 3 rings (SSSR count). The van der Waals surface area contributed by atoms with Gasteiger partial charge in [-0.05, 0) is 49.6 Å². The van der Waals surface area contributed by atoms with Crippen LogP contribution in [0.5, 0.6) is 11.5 Å². The van der Waals surface area contributed by atoms with E-state index in [2.05, 4.69) is 10.6 Å². The van der Waals surface area contributed by atoms with Gasteiger partial charge in [0.25, 0.3) is 5.91 Å². The molecule has 2 aromatic carbocycles. The molecule has 184 valence electrons. The van der Waals surface area contributed by atoms with Gasteiger partial charge >= 0.3 is 0 Å². The topological polar surface area (TPSA) is 114 Å². The number of ether oxygens (including phenoxy) is 2. The lowest BCUT2D eigenvalue weighted by Crippen LogP contribution is -2.45. The summed E-state index contributed by atoms with van der Waals surface area (Å²) in [7, 11) is -2.13. The minimum absolute atomic E-state index is 0.121. The number of hydrogen-bond donors (Lipinski definition) is 2. The Kier molecular flexibility index (Phi) is 8.89. The van der Waals surface area contributed by atoms with E-state index < -0.39 is 15.9 Å². The summed E-state index contributed by atoms with van der Waals surface area (Å²) in [5.74, 6) is 0.0423. The van der Waals surface area contributed by atoms with E-state index in [1.165, 1.54) is 11.4 Å². The first kappa shape index (κ1) is 25.5. The maximum atomic E-state index is 12.9. The molecule has 0 spiro atoms. The van der Waals surface area contributed by atoms with Gasteiger partial charge in [0.05, 0.1) is 17.9 Å². The van der Waals surface area contributed by atoms with Crippen molar-refractivity contribution in [1.29, 1.82) is 0 Å². The summed E-state index contributed by atoms with van der Waals surface area (Å²) in [5, 5.41) is 5.55. The molecule has 9 nitrogen and oxygen atoms in total. The zero-order valence-corrected chi connectivity index (χ0v) is 20.3. The quantitative estimate of drug-likeness (QED) is 0.527. The lowest BCUT2D eigenvalue weighted by atomic mass is 9.98. The average Bonchev–Trinajstić information content (AvgIpc) is 2.87. The SMILES string of the molecule is CCNC(=O)COc1ccc(CNC(=O)C2CCCN(S(=O)(=O)c3ccccc3)C2)cc1OC. The van der Waals surface area contributed by atoms with Crippen LogP contribution in [0.1, 0.15) is 25.3 Å². The fourth-order valence-corrected chi connectivity index (χ4v) is 5.33. The van der Waals surface area contributed by atoms with Gasteiger partial charge in [0.1, 0.15) is 0 Å². The molecule has 0 bridgehead atoms. The number of likely N-dealkylation sites (N-methyl/N-ethyl adjacent to an activating group) is 1. The Morgan fingerprint density at radius 1 is 1.09 bits per heavy atom. The molecule has 1 aliphatic heterocycles. The van der Waals surface area contributed by atoms with Gasteiger partial charge in [-0.25, -0.2) is 8.42 Å². The highest BCUT2D eigenvalue weighted by Gasteiger charge is 2.33. The van der Waals surface area contributed by atoms with Crippen LogP contribution < -0.4 is 20.1 Å². The second-order valence-corrected chi connectivity index (χ2v) is 9.90. The van der Waals surface area contributed by atoms with Crippen LogP contribution in [0, 0.1) is 5.92 Å². The van der Waals surface area contributed by atoms with E-state index in [0.29, 0.717) is 37.4 Å². The van der Waals surface area contributed by atoms with E-state index in [1.807, 2.05) is 6.92 Å². The smallest absolute Gasteiger partial charge is 0.257 e. The highest BCUT2D eigenvalue weighted by Crippen LogP contribution is 2.28. The Bertz CT molecular complexity index is 1090. The van der Waals surface area contributed by atoms with Crippen molar-refractivity contribution < 1.29 is 27.5 Å². The van der Waals surface area contributed by atoms with E-state index in [0.717, 1.165) is 5.56 Å². The zero-order chi connectivity index (χ0) is 24.6. The number of carbonyl (C=O) groups excluding carboxylic acids is 2. The molecule has 1 heterocycles. The van der Waals surface area contributed by atoms with Gasteiger partial charge in [-0.15, -0.1) is 0 Å². The molecule has 34 heavy (non-hydrogen) atoms. The van der Waals surface area contributed by atoms with Crippen LogP contribution in [-0.4, -0.2) is 57.9 Å². The van der Waals surface area contributed by atoms with Crippen molar-refractivity contribution >= 4 is 21.8 Å². The van der Waals surface area contributed by atoms with Gasteiger partial charge in [0.2, 0.25) is 15.9 Å². The molecule has 0 aliphatic carbocycles. The standard InChI is InChI=1S/C24H31N3O6S/c1-3-25-23(28)17-33-21-12-11-18(14-22(21)32-2)15-26-24(29)19-8-7-13-27(16-19)34(30,31)20-9-5-4-6-10-20/h4-6,9-12,14,19H,3,7-8,13,15-17H2,1-2H3,(H,25,28)(H,26,29). The van der Waals surface area contributed by atoms with Crippen molar-refractivity contribution in [2.45, 2.75) is 31.2 Å². The first-order valence-electron chi connectivity index (χ1n) is 11.2. The van der Waals surface area contributed by atoms with Crippen LogP contribution in [-0.2, 0) is 26.2 Å². The molecule has 2 aromatic rings. The van der Waals surface area contributed by atoms with Crippen molar-refractivity contribution in [3.05, 3.63) is 54.1 Å². The van der Waals surface area contributed by atoms with Crippen LogP contribution in [0.15, 0.2) is 53.4 Å². The van der Waals surface area contributed by atoms with Crippen LogP contribution in [0.25, 0.3) is 0 Å². The number of rotatable bonds is 10. The maximum Gasteiger partial charge on any atom is 0.257 e. The van der Waals surface area contributed by atoms with E-state index in [1.54, 1.807) is 48.5 Å². The van der Waals surface area contributed by atoms with Crippen LogP contribution >= 0.6 is 0 Å². The molecular weight excluding hydrogens is 458 g/mol. The molecule has 2 amide bonds. The summed E-state index contributed by atoms with van der Waals surface area (Å²) in [5.41, 5.74) is 0.792. The van der Waals surface area contributed by atoms with Gasteiger partial charge in [0.15, 0.2) is 18.1 Å². The molecule has 1 unspecified atom stereocenters. The Morgan fingerprint density at radius 3 is 2.56 bits per heavy atom. The van der Waals surface area contributed by atoms with Gasteiger partial charge in [0, 0.05) is 26.2 Å². The predicted octanol–water partition coefficient (Wildman–Crippen LogP) is 1.93. The number of piperidine rings is 1. The second kappa shape index (κ2) is 11.8. The van der Waals surface area contributed by atoms with Crippen molar-refractivity contribution in [2.24, 2.45) is 5.92 Å². The van der Waals surface area contributed by atoms with Crippen molar-refractivity contribution in [2.75, 3.05) is 33.4 Å². The second-order valence-electron chi connectivity index (χ2n) is 7.96. The molecular formula is C24H31N3O6S. The van der Waals surface area contributed by atoms with Crippen LogP contribution in [0.2, 0.25) is 0 Å². The highest BCUT2D eigenvalue weighted by atomic mass is 32.2. The Morgan fingerprint density at radius 2 is 1.85 bits per heavy atom. The summed E-state index contributed by atoms with van der Waals surface area (Å²) in [6.45, 7) is 3.04. The monoisotopic (exact) mass is 489 g/mol. The van der Waals surface area contributed by atoms with Gasteiger partial charge in [-0.3, -0.25) is 9.59 Å². The first-order chi connectivity index (χ1) is 16.3. The third-order valence-electron chi connectivity index (χ3n) is 5.56. The van der Waals surface area contributed by atoms with Gasteiger partial charge < -0.3 is 20.1 Å². The number of carbonyl (C=O) groups is 2. The largest absolute Gasteiger partial charge is 0.493 e. The van der Waals surface area contributed by atoms with E-state index >= 15 is 0 Å². The molecule has 1 saturated heterocycles.